The molecule has 7 rings (SSSR count). The molecule has 0 spiro atoms. The predicted octanol–water partition coefficient (Wildman–Crippen LogP) is 1.88. The molecular weight excluding hydrogens is 568 g/mol. The molecule has 0 aliphatic carbocycles. The van der Waals surface area contributed by atoms with Crippen LogP contribution in [-0.4, -0.2) is 77.4 Å². The zero-order chi connectivity index (χ0) is 29.6. The van der Waals surface area contributed by atoms with Gasteiger partial charge in [0, 0.05) is 35.2 Å². The Labute approximate surface area is 245 Å². The van der Waals surface area contributed by atoms with Crippen molar-refractivity contribution in [2.75, 3.05) is 26.3 Å². The van der Waals surface area contributed by atoms with Gasteiger partial charge in [0.1, 0.15) is 18.6 Å². The molecule has 2 aromatic rings. The van der Waals surface area contributed by atoms with Crippen molar-refractivity contribution in [2.45, 2.75) is 62.8 Å². The van der Waals surface area contributed by atoms with Crippen molar-refractivity contribution in [3.8, 4) is 28.7 Å². The third-order valence-electron chi connectivity index (χ3n) is 8.87. The number of hydrogen-bond donors (Lipinski definition) is 3. The Balaban J connectivity index is 1.53. The molecule has 222 valence electrons. The molecule has 13 heteroatoms. The maximum atomic E-state index is 12.8. The molecule has 5 heterocycles. The smallest absolute Gasteiger partial charge is 0.375 e. The lowest BCUT2D eigenvalue weighted by molar-refractivity contribution is -0.162. The second kappa shape index (κ2) is 9.76. The number of ketones is 1. The summed E-state index contributed by atoms with van der Waals surface area (Å²) in [6.45, 7) is 4.60. The van der Waals surface area contributed by atoms with Gasteiger partial charge in [0.15, 0.2) is 23.0 Å². The molecule has 42 heavy (non-hydrogen) atoms. The first-order chi connectivity index (χ1) is 20.1. The largest absolute Gasteiger partial charge is 0.504 e. The number of cyclic esters (lactones) is 1. The highest BCUT2D eigenvalue weighted by atomic mass is 32.2. The lowest BCUT2D eigenvalue weighted by Crippen LogP contribution is -2.69. The summed E-state index contributed by atoms with van der Waals surface area (Å²) in [4.78, 5) is 39.7. The van der Waals surface area contributed by atoms with Gasteiger partial charge in [-0.05, 0) is 31.4 Å². The number of phenols is 1. The van der Waals surface area contributed by atoms with Crippen LogP contribution in [0.2, 0.25) is 0 Å². The van der Waals surface area contributed by atoms with Crippen LogP contribution in [-0.2, 0) is 25.5 Å². The maximum absolute atomic E-state index is 12.8. The summed E-state index contributed by atoms with van der Waals surface area (Å²) in [6, 6.07) is -0.375. The van der Waals surface area contributed by atoms with E-state index in [1.807, 2.05) is 17.9 Å². The van der Waals surface area contributed by atoms with Crippen molar-refractivity contribution in [3.05, 3.63) is 39.4 Å². The van der Waals surface area contributed by atoms with Gasteiger partial charge in [0.05, 0.1) is 36.2 Å². The number of benzene rings is 2. The molecule has 0 radical (unpaired) electrons. The average molecular weight is 599 g/mol. The minimum absolute atomic E-state index is 0.00237. The van der Waals surface area contributed by atoms with Crippen molar-refractivity contribution in [1.82, 2.24) is 10.2 Å². The van der Waals surface area contributed by atoms with Crippen LogP contribution in [0.5, 0.6) is 28.7 Å². The average Bonchev–Trinajstić information content (AvgIpc) is 3.44. The second-order valence-electron chi connectivity index (χ2n) is 11.2. The number of piperazine rings is 1. The molecule has 12 nitrogen and oxygen atoms in total. The van der Waals surface area contributed by atoms with Crippen molar-refractivity contribution in [1.29, 1.82) is 0 Å². The number of aliphatic hydroxyl groups excluding tert-OH is 1. The molecule has 2 fully saturated rings. The predicted molar refractivity (Wildman–Crippen MR) is 147 cm³/mol. The van der Waals surface area contributed by atoms with Gasteiger partial charge in [-0.3, -0.25) is 14.5 Å². The number of carbonyl (C=O) groups is 3. The molecule has 2 saturated heterocycles. The van der Waals surface area contributed by atoms with E-state index < -0.39 is 53.4 Å². The summed E-state index contributed by atoms with van der Waals surface area (Å²) in [5.41, 5.74) is 4.01. The molecule has 1 unspecified atom stereocenters. The molecule has 4 bridgehead atoms. The fourth-order valence-electron chi connectivity index (χ4n) is 7.32. The van der Waals surface area contributed by atoms with Crippen LogP contribution < -0.4 is 24.3 Å². The first-order valence-corrected chi connectivity index (χ1v) is 14.7. The van der Waals surface area contributed by atoms with Crippen LogP contribution in [0.1, 0.15) is 57.6 Å². The number of methoxy groups -OCH3 is 1. The number of aliphatic hydroxyl groups is 1. The van der Waals surface area contributed by atoms with E-state index in [2.05, 4.69) is 5.32 Å². The molecule has 5 aliphatic rings. The van der Waals surface area contributed by atoms with Crippen LogP contribution in [0.3, 0.4) is 0 Å². The molecule has 6 atom stereocenters. The standard InChI is InChI=1S/C29H30N2O10S/c1-10-5-13-6-14-28(35)31-15-7-38-29(36)16(33)8-42-27(21(31)20(30-14)17(13)22(34)23(10)37-4)19-18(15)26-25(39-9-40-26)11(2)24(19)41-12(3)32/h5,14-15,20-21,27-28,30,34-35H,6-9H2,1-4H3/t14-,15-,20-,21?,27-,28+/m1/s1. The molecule has 3 N–H and O–H groups in total. The number of fused-ring (bicyclic) bond motifs is 9. The first kappa shape index (κ1) is 27.3. The molecule has 2 aromatic carbocycles. The highest BCUT2D eigenvalue weighted by Gasteiger charge is 2.58. The minimum Gasteiger partial charge on any atom is -0.504 e. The normalized spacial score (nSPS) is 29.3. The van der Waals surface area contributed by atoms with Gasteiger partial charge >= 0.3 is 11.9 Å². The molecular formula is C29H30N2O10S. The Morgan fingerprint density at radius 3 is 2.62 bits per heavy atom. The Hall–Kier alpha value is -3.52. The third kappa shape index (κ3) is 3.76. The van der Waals surface area contributed by atoms with Crippen molar-refractivity contribution < 1.29 is 48.3 Å². The molecule has 5 aliphatic heterocycles. The van der Waals surface area contributed by atoms with Gasteiger partial charge in [0.25, 0.3) is 0 Å². The molecule has 0 aromatic heterocycles. The van der Waals surface area contributed by atoms with E-state index in [0.717, 1.165) is 11.1 Å². The van der Waals surface area contributed by atoms with Crippen LogP contribution in [0, 0.1) is 13.8 Å². The van der Waals surface area contributed by atoms with Gasteiger partial charge < -0.3 is 39.2 Å². The highest BCUT2D eigenvalue weighted by Crippen LogP contribution is 2.62. The van der Waals surface area contributed by atoms with Crippen LogP contribution in [0.15, 0.2) is 6.07 Å². The summed E-state index contributed by atoms with van der Waals surface area (Å²) in [6.07, 6.45) is -0.621. The summed E-state index contributed by atoms with van der Waals surface area (Å²) >= 11 is 1.19. The fourth-order valence-corrected chi connectivity index (χ4v) is 8.66. The number of esters is 2. The van der Waals surface area contributed by atoms with E-state index in [1.165, 1.54) is 25.8 Å². The number of hydrogen-bond acceptors (Lipinski definition) is 13. The highest BCUT2D eigenvalue weighted by molar-refractivity contribution is 8.00. The first-order valence-electron chi connectivity index (χ1n) is 13.7. The second-order valence-corrected chi connectivity index (χ2v) is 12.3. The van der Waals surface area contributed by atoms with E-state index in [1.54, 1.807) is 6.92 Å². The number of aromatic hydroxyl groups is 1. The lowest BCUT2D eigenvalue weighted by atomic mass is 9.74. The summed E-state index contributed by atoms with van der Waals surface area (Å²) in [5.74, 6) is -0.942. The van der Waals surface area contributed by atoms with E-state index in [9.17, 15) is 24.6 Å². The van der Waals surface area contributed by atoms with Gasteiger partial charge in [-0.25, -0.2) is 4.79 Å². The number of aryl methyl sites for hydroxylation is 1. The number of thioether (sulfide) groups is 1. The van der Waals surface area contributed by atoms with Gasteiger partial charge in [-0.1, -0.05) is 6.07 Å². The fraction of sp³-hybridized carbons (Fsp3) is 0.483. The van der Waals surface area contributed by atoms with Crippen LogP contribution in [0.4, 0.5) is 0 Å². The van der Waals surface area contributed by atoms with Gasteiger partial charge in [-0.15, -0.1) is 11.8 Å². The van der Waals surface area contributed by atoms with Gasteiger partial charge in [-0.2, -0.15) is 0 Å². The summed E-state index contributed by atoms with van der Waals surface area (Å²) in [7, 11) is 1.50. The molecule has 0 amide bonds. The quantitative estimate of drug-likeness (QED) is 0.262. The molecule has 0 saturated carbocycles. The maximum Gasteiger partial charge on any atom is 0.375 e. The number of ether oxygens (including phenoxy) is 5. The monoisotopic (exact) mass is 598 g/mol. The van der Waals surface area contributed by atoms with Gasteiger partial charge in [0.2, 0.25) is 12.6 Å². The Bertz CT molecular complexity index is 1560. The van der Waals surface area contributed by atoms with E-state index in [4.69, 9.17) is 23.7 Å². The Morgan fingerprint density at radius 1 is 1.12 bits per heavy atom. The van der Waals surface area contributed by atoms with Crippen molar-refractivity contribution >= 4 is 29.5 Å². The topological polar surface area (TPSA) is 153 Å². The third-order valence-corrected chi connectivity index (χ3v) is 10.2. The van der Waals surface area contributed by atoms with Crippen molar-refractivity contribution in [2.24, 2.45) is 0 Å². The van der Waals surface area contributed by atoms with E-state index in [-0.39, 0.29) is 30.7 Å². The minimum atomic E-state index is -1.05. The zero-order valence-electron chi connectivity index (χ0n) is 23.4. The number of phenolic OH excluding ortho intramolecular Hbond substituents is 1. The number of nitrogens with one attached hydrogen (secondary N) is 1. The summed E-state index contributed by atoms with van der Waals surface area (Å²) < 4.78 is 28.7. The Morgan fingerprint density at radius 2 is 1.88 bits per heavy atom. The van der Waals surface area contributed by atoms with Crippen LogP contribution >= 0.6 is 11.8 Å². The number of nitrogens with zero attached hydrogens (tertiary/aromatic N) is 1. The number of rotatable bonds is 2. The van der Waals surface area contributed by atoms with E-state index in [0.29, 0.717) is 45.9 Å². The summed E-state index contributed by atoms with van der Waals surface area (Å²) in [5, 5.41) is 26.4. The number of carbonyl (C=O) groups excluding carboxylic acids is 3. The lowest BCUT2D eigenvalue weighted by Gasteiger charge is -2.59. The zero-order valence-corrected chi connectivity index (χ0v) is 24.2. The SMILES string of the molecule is COc1c(C)cc2c(c1O)[C@H]1N[C@H](C2)[C@H](O)N2C1[C@@H]1SCC(=O)C(=O)OC[C@@H]2c2c3c(c(C)c(OC(C)=O)c21)OCO3. The number of Topliss-reactive ketones (excluding diaryl/α,β-unsaturated/α-hetero) is 1. The van der Waals surface area contributed by atoms with Crippen LogP contribution in [0.25, 0.3) is 0 Å². The Kier molecular flexibility index (Phi) is 6.35. The van der Waals surface area contributed by atoms with E-state index >= 15 is 0 Å². The van der Waals surface area contributed by atoms with Crippen molar-refractivity contribution in [3.63, 3.8) is 0 Å².